The number of esters is 1. The number of H-pyrrole nitrogens is 1. The molecule has 0 unspecified atom stereocenters. The van der Waals surface area contributed by atoms with Gasteiger partial charge in [0.25, 0.3) is 11.5 Å². The number of hydrogen-bond acceptors (Lipinski definition) is 7. The van der Waals surface area contributed by atoms with Gasteiger partial charge in [-0.25, -0.2) is 5.10 Å². The molecule has 1 amide bonds. The van der Waals surface area contributed by atoms with Gasteiger partial charge in [-0.3, -0.25) is 14.4 Å². The SMILES string of the molecule is COc1ccc(CNC(=O)COC(=O)Cc2n[nH]c(=O)c3ccccc23)cc1OC. The minimum atomic E-state index is -0.624. The number of aromatic amines is 1. The van der Waals surface area contributed by atoms with Crippen LogP contribution in [-0.4, -0.2) is 42.9 Å². The van der Waals surface area contributed by atoms with Crippen LogP contribution in [0.4, 0.5) is 0 Å². The molecule has 0 fully saturated rings. The van der Waals surface area contributed by atoms with Gasteiger partial charge in [0, 0.05) is 11.9 Å². The number of carbonyl (C=O) groups is 2. The Kier molecular flexibility index (Phi) is 6.63. The molecule has 1 heterocycles. The van der Waals surface area contributed by atoms with Crippen LogP contribution in [0, 0.1) is 0 Å². The molecule has 0 aliphatic carbocycles. The summed E-state index contributed by atoms with van der Waals surface area (Å²) in [5.74, 6) is 0.0691. The van der Waals surface area contributed by atoms with Crippen LogP contribution in [-0.2, 0) is 27.3 Å². The Morgan fingerprint density at radius 1 is 1.03 bits per heavy atom. The van der Waals surface area contributed by atoms with E-state index >= 15 is 0 Å². The highest BCUT2D eigenvalue weighted by Crippen LogP contribution is 2.27. The van der Waals surface area contributed by atoms with E-state index in [2.05, 4.69) is 15.5 Å². The molecule has 0 spiro atoms. The number of hydrogen-bond donors (Lipinski definition) is 2. The second kappa shape index (κ2) is 9.55. The smallest absolute Gasteiger partial charge is 0.312 e. The lowest BCUT2D eigenvalue weighted by Crippen LogP contribution is -2.28. The van der Waals surface area contributed by atoms with Crippen molar-refractivity contribution in [1.29, 1.82) is 0 Å². The van der Waals surface area contributed by atoms with Crippen molar-refractivity contribution in [3.63, 3.8) is 0 Å². The molecule has 0 radical (unpaired) electrons. The number of ether oxygens (including phenoxy) is 3. The fraction of sp³-hybridized carbons (Fsp3) is 0.238. The monoisotopic (exact) mass is 411 g/mol. The summed E-state index contributed by atoms with van der Waals surface area (Å²) in [6.45, 7) is -0.184. The topological polar surface area (TPSA) is 120 Å². The zero-order chi connectivity index (χ0) is 21.5. The van der Waals surface area contributed by atoms with Crippen molar-refractivity contribution >= 4 is 22.6 Å². The molecule has 0 bridgehead atoms. The van der Waals surface area contributed by atoms with Crippen molar-refractivity contribution in [2.75, 3.05) is 20.8 Å². The minimum Gasteiger partial charge on any atom is -0.493 e. The quantitative estimate of drug-likeness (QED) is 0.537. The molecule has 1 aromatic heterocycles. The third-order valence-electron chi connectivity index (χ3n) is 4.39. The van der Waals surface area contributed by atoms with Gasteiger partial charge >= 0.3 is 5.97 Å². The fourth-order valence-corrected chi connectivity index (χ4v) is 2.88. The lowest BCUT2D eigenvalue weighted by atomic mass is 10.1. The molecule has 9 nitrogen and oxygen atoms in total. The molecular weight excluding hydrogens is 390 g/mol. The number of benzene rings is 2. The molecule has 9 heteroatoms. The summed E-state index contributed by atoms with van der Waals surface area (Å²) in [5, 5.41) is 9.94. The Morgan fingerprint density at radius 2 is 1.77 bits per heavy atom. The maximum absolute atomic E-state index is 12.1. The molecule has 3 aromatic rings. The Morgan fingerprint density at radius 3 is 2.50 bits per heavy atom. The van der Waals surface area contributed by atoms with Crippen LogP contribution < -0.4 is 20.3 Å². The number of methoxy groups -OCH3 is 2. The Bertz CT molecular complexity index is 1130. The lowest BCUT2D eigenvalue weighted by Gasteiger charge is -2.10. The molecule has 0 atom stereocenters. The van der Waals surface area contributed by atoms with Crippen molar-refractivity contribution in [2.24, 2.45) is 0 Å². The summed E-state index contributed by atoms with van der Waals surface area (Å²) >= 11 is 0. The van der Waals surface area contributed by atoms with Crippen molar-refractivity contribution in [3.8, 4) is 11.5 Å². The molecule has 0 saturated carbocycles. The van der Waals surface area contributed by atoms with Gasteiger partial charge in [0.15, 0.2) is 18.1 Å². The maximum atomic E-state index is 12.1. The summed E-state index contributed by atoms with van der Waals surface area (Å²) in [6.07, 6.45) is -0.166. The first-order valence-electron chi connectivity index (χ1n) is 9.11. The number of carbonyl (C=O) groups excluding carboxylic acids is 2. The molecule has 0 saturated heterocycles. The van der Waals surface area contributed by atoms with Gasteiger partial charge in [-0.05, 0) is 23.8 Å². The van der Waals surface area contributed by atoms with Gasteiger partial charge in [0.2, 0.25) is 0 Å². The van der Waals surface area contributed by atoms with E-state index < -0.39 is 18.5 Å². The van der Waals surface area contributed by atoms with Gasteiger partial charge in [0.1, 0.15) is 0 Å². The number of nitrogens with zero attached hydrogens (tertiary/aromatic N) is 1. The van der Waals surface area contributed by atoms with E-state index in [1.54, 1.807) is 49.6 Å². The third kappa shape index (κ3) is 4.93. The molecule has 156 valence electrons. The van der Waals surface area contributed by atoms with Crippen LogP contribution in [0.3, 0.4) is 0 Å². The van der Waals surface area contributed by atoms with E-state index in [-0.39, 0.29) is 18.5 Å². The number of aromatic nitrogens is 2. The van der Waals surface area contributed by atoms with Crippen molar-refractivity contribution < 1.29 is 23.8 Å². The predicted molar refractivity (Wildman–Crippen MR) is 108 cm³/mol. The first-order chi connectivity index (χ1) is 14.5. The highest BCUT2D eigenvalue weighted by molar-refractivity contribution is 5.87. The van der Waals surface area contributed by atoms with Crippen molar-refractivity contribution in [3.05, 3.63) is 64.1 Å². The van der Waals surface area contributed by atoms with Crippen LogP contribution >= 0.6 is 0 Å². The minimum absolute atomic E-state index is 0.166. The summed E-state index contributed by atoms with van der Waals surface area (Å²) in [4.78, 5) is 35.9. The Labute approximate surface area is 172 Å². The van der Waals surface area contributed by atoms with E-state index in [0.717, 1.165) is 5.56 Å². The molecule has 30 heavy (non-hydrogen) atoms. The highest BCUT2D eigenvalue weighted by Gasteiger charge is 2.13. The maximum Gasteiger partial charge on any atom is 0.312 e. The zero-order valence-electron chi connectivity index (χ0n) is 16.6. The van der Waals surface area contributed by atoms with Gasteiger partial charge in [-0.1, -0.05) is 24.3 Å². The van der Waals surface area contributed by atoms with Gasteiger partial charge in [-0.2, -0.15) is 5.10 Å². The highest BCUT2D eigenvalue weighted by atomic mass is 16.5. The van der Waals surface area contributed by atoms with E-state index in [1.807, 2.05) is 0 Å². The van der Waals surface area contributed by atoms with Gasteiger partial charge in [-0.15, -0.1) is 0 Å². The second-order valence-electron chi connectivity index (χ2n) is 6.35. The van der Waals surface area contributed by atoms with E-state index in [4.69, 9.17) is 14.2 Å². The zero-order valence-corrected chi connectivity index (χ0v) is 16.6. The second-order valence-corrected chi connectivity index (χ2v) is 6.35. The first-order valence-corrected chi connectivity index (χ1v) is 9.11. The summed E-state index contributed by atoms with van der Waals surface area (Å²) < 4.78 is 15.4. The predicted octanol–water partition coefficient (Wildman–Crippen LogP) is 1.34. The van der Waals surface area contributed by atoms with Crippen LogP contribution in [0.1, 0.15) is 11.3 Å². The van der Waals surface area contributed by atoms with Crippen LogP contribution in [0.2, 0.25) is 0 Å². The molecule has 2 N–H and O–H groups in total. The van der Waals surface area contributed by atoms with Gasteiger partial charge < -0.3 is 19.5 Å². The van der Waals surface area contributed by atoms with Crippen LogP contribution in [0.25, 0.3) is 10.8 Å². The third-order valence-corrected chi connectivity index (χ3v) is 4.39. The Balaban J connectivity index is 1.52. The number of amides is 1. The first kappa shape index (κ1) is 20.8. The largest absolute Gasteiger partial charge is 0.493 e. The van der Waals surface area contributed by atoms with Crippen molar-refractivity contribution in [2.45, 2.75) is 13.0 Å². The van der Waals surface area contributed by atoms with Crippen LogP contribution in [0.5, 0.6) is 11.5 Å². The van der Waals surface area contributed by atoms with Crippen molar-refractivity contribution in [1.82, 2.24) is 15.5 Å². The Hall–Kier alpha value is -3.88. The van der Waals surface area contributed by atoms with Crippen LogP contribution in [0.15, 0.2) is 47.3 Å². The van der Waals surface area contributed by atoms with E-state index in [1.165, 1.54) is 7.11 Å². The lowest BCUT2D eigenvalue weighted by molar-refractivity contribution is -0.147. The summed E-state index contributed by atoms with van der Waals surface area (Å²) in [6, 6.07) is 12.1. The molecule has 0 aliphatic heterocycles. The van der Waals surface area contributed by atoms with Gasteiger partial charge in [0.05, 0.1) is 31.7 Å². The number of fused-ring (bicyclic) bond motifs is 1. The molecule has 0 aliphatic rings. The standard InChI is InChI=1S/C21H21N3O6/c1-28-17-8-7-13(9-18(17)29-2)11-22-19(25)12-30-20(26)10-16-14-5-3-4-6-15(14)21(27)24-23-16/h3-9H,10-12H2,1-2H3,(H,22,25)(H,24,27). The normalized spacial score (nSPS) is 10.5. The van der Waals surface area contributed by atoms with E-state index in [9.17, 15) is 14.4 Å². The molecular formula is C21H21N3O6. The van der Waals surface area contributed by atoms with E-state index in [0.29, 0.717) is 28.0 Å². The summed E-state index contributed by atoms with van der Waals surface area (Å²) in [7, 11) is 3.07. The number of nitrogens with one attached hydrogen (secondary N) is 2. The summed E-state index contributed by atoms with van der Waals surface area (Å²) in [5.41, 5.74) is 0.842. The average molecular weight is 411 g/mol. The molecule has 2 aromatic carbocycles. The number of rotatable bonds is 8. The fourth-order valence-electron chi connectivity index (χ4n) is 2.88. The average Bonchev–Trinajstić information content (AvgIpc) is 2.78. The molecule has 3 rings (SSSR count).